The van der Waals surface area contributed by atoms with Gasteiger partial charge in [-0.15, -0.1) is 0 Å². The lowest BCUT2D eigenvalue weighted by molar-refractivity contribution is 0.608. The second-order valence-corrected chi connectivity index (χ2v) is 5.38. The van der Waals surface area contributed by atoms with E-state index in [9.17, 15) is 4.39 Å². The van der Waals surface area contributed by atoms with Crippen LogP contribution in [0.1, 0.15) is 11.1 Å². The molecule has 2 nitrogen and oxygen atoms in total. The van der Waals surface area contributed by atoms with E-state index in [1.165, 1.54) is 6.07 Å². The molecule has 20 heavy (non-hydrogen) atoms. The van der Waals surface area contributed by atoms with E-state index in [1.54, 1.807) is 12.1 Å². The van der Waals surface area contributed by atoms with Gasteiger partial charge in [0.05, 0.1) is 0 Å². The molecule has 0 unspecified atom stereocenters. The molecular formula is C15H14ClFN2S. The molecular weight excluding hydrogens is 295 g/mol. The molecule has 0 radical (unpaired) electrons. The van der Waals surface area contributed by atoms with Crippen LogP contribution in [0.15, 0.2) is 42.5 Å². The summed E-state index contributed by atoms with van der Waals surface area (Å²) in [5.41, 5.74) is 7.92. The van der Waals surface area contributed by atoms with Crippen LogP contribution in [0.25, 0.3) is 0 Å². The third-order valence-electron chi connectivity index (χ3n) is 3.02. The van der Waals surface area contributed by atoms with Gasteiger partial charge in [0, 0.05) is 35.4 Å². The van der Waals surface area contributed by atoms with Crippen LogP contribution in [0.3, 0.4) is 0 Å². The van der Waals surface area contributed by atoms with Gasteiger partial charge in [-0.1, -0.05) is 29.9 Å². The van der Waals surface area contributed by atoms with Crippen LogP contribution in [-0.4, -0.2) is 12.0 Å². The Bertz CT molecular complexity index is 628. The van der Waals surface area contributed by atoms with E-state index in [0.717, 1.165) is 11.3 Å². The number of anilines is 1. The highest BCUT2D eigenvalue weighted by atomic mass is 35.5. The SMILES string of the molecule is CN(Cc1ccc(Cl)cc1F)c1ccc(C(N)=S)cc1. The first-order valence-corrected chi connectivity index (χ1v) is 6.81. The lowest BCUT2D eigenvalue weighted by Gasteiger charge is -2.20. The van der Waals surface area contributed by atoms with Crippen LogP contribution in [0, 0.1) is 5.82 Å². The Balaban J connectivity index is 2.15. The molecule has 0 aliphatic heterocycles. The molecule has 0 saturated carbocycles. The highest BCUT2D eigenvalue weighted by Gasteiger charge is 2.07. The summed E-state index contributed by atoms with van der Waals surface area (Å²) in [6.07, 6.45) is 0. The molecule has 2 aromatic carbocycles. The van der Waals surface area contributed by atoms with Crippen molar-refractivity contribution >= 4 is 34.5 Å². The van der Waals surface area contributed by atoms with Crippen molar-refractivity contribution in [3.8, 4) is 0 Å². The van der Waals surface area contributed by atoms with Gasteiger partial charge in [-0.05, 0) is 36.4 Å². The third-order valence-corrected chi connectivity index (χ3v) is 3.49. The van der Waals surface area contributed by atoms with Crippen molar-refractivity contribution in [3.05, 3.63) is 64.4 Å². The quantitative estimate of drug-likeness (QED) is 0.872. The molecule has 0 amide bonds. The fraction of sp³-hybridized carbons (Fsp3) is 0.133. The second kappa shape index (κ2) is 6.20. The number of halogens is 2. The van der Waals surface area contributed by atoms with Gasteiger partial charge in [0.15, 0.2) is 0 Å². The standard InChI is InChI=1S/C15H14ClFN2S/c1-19(9-11-2-5-12(16)8-14(11)17)13-6-3-10(4-7-13)15(18)20/h2-8H,9H2,1H3,(H2,18,20). The molecule has 2 aromatic rings. The lowest BCUT2D eigenvalue weighted by atomic mass is 10.1. The highest BCUT2D eigenvalue weighted by molar-refractivity contribution is 7.80. The molecule has 2 rings (SSSR count). The van der Waals surface area contributed by atoms with Crippen molar-refractivity contribution < 1.29 is 4.39 Å². The molecule has 0 bridgehead atoms. The Hall–Kier alpha value is -1.65. The van der Waals surface area contributed by atoms with E-state index >= 15 is 0 Å². The van der Waals surface area contributed by atoms with Crippen molar-refractivity contribution in [1.29, 1.82) is 0 Å². The maximum atomic E-state index is 13.8. The first-order valence-electron chi connectivity index (χ1n) is 6.02. The number of hydrogen-bond acceptors (Lipinski definition) is 2. The largest absolute Gasteiger partial charge is 0.389 e. The van der Waals surface area contributed by atoms with Gasteiger partial charge in [-0.2, -0.15) is 0 Å². The first kappa shape index (κ1) is 14.8. The minimum atomic E-state index is -0.302. The summed E-state index contributed by atoms with van der Waals surface area (Å²) >= 11 is 10.6. The first-order chi connectivity index (χ1) is 9.47. The summed E-state index contributed by atoms with van der Waals surface area (Å²) < 4.78 is 13.8. The molecule has 0 aliphatic carbocycles. The van der Waals surface area contributed by atoms with Crippen LogP contribution in [0.2, 0.25) is 5.02 Å². The van der Waals surface area contributed by atoms with Gasteiger partial charge < -0.3 is 10.6 Å². The summed E-state index contributed by atoms with van der Waals surface area (Å²) in [4.78, 5) is 2.30. The van der Waals surface area contributed by atoms with E-state index in [1.807, 2.05) is 36.2 Å². The average molecular weight is 309 g/mol. The zero-order valence-corrected chi connectivity index (χ0v) is 12.5. The van der Waals surface area contributed by atoms with Gasteiger partial charge in [-0.3, -0.25) is 0 Å². The number of nitrogens with two attached hydrogens (primary N) is 1. The second-order valence-electron chi connectivity index (χ2n) is 4.50. The Morgan fingerprint density at radius 2 is 1.90 bits per heavy atom. The van der Waals surface area contributed by atoms with Crippen LogP contribution < -0.4 is 10.6 Å². The van der Waals surface area contributed by atoms with E-state index in [4.69, 9.17) is 29.6 Å². The lowest BCUT2D eigenvalue weighted by Crippen LogP contribution is -2.17. The minimum Gasteiger partial charge on any atom is -0.389 e. The summed E-state index contributed by atoms with van der Waals surface area (Å²) in [5.74, 6) is -0.302. The monoisotopic (exact) mass is 308 g/mol. The van der Waals surface area contributed by atoms with Crippen LogP contribution >= 0.6 is 23.8 Å². The molecule has 0 spiro atoms. The number of thiocarbonyl (C=S) groups is 1. The van der Waals surface area contributed by atoms with Gasteiger partial charge in [0.2, 0.25) is 0 Å². The normalized spacial score (nSPS) is 10.3. The fourth-order valence-corrected chi connectivity index (χ4v) is 2.17. The van der Waals surface area contributed by atoms with E-state index in [2.05, 4.69) is 0 Å². The average Bonchev–Trinajstić information content (AvgIpc) is 2.42. The number of benzene rings is 2. The number of nitrogens with zero attached hydrogens (tertiary/aromatic N) is 1. The summed E-state index contributed by atoms with van der Waals surface area (Å²) in [5, 5.41) is 0.398. The smallest absolute Gasteiger partial charge is 0.129 e. The Morgan fingerprint density at radius 3 is 2.45 bits per heavy atom. The Kier molecular flexibility index (Phi) is 4.57. The van der Waals surface area contributed by atoms with Gasteiger partial charge in [-0.25, -0.2) is 4.39 Å². The molecule has 0 saturated heterocycles. The maximum absolute atomic E-state index is 13.8. The molecule has 5 heteroatoms. The van der Waals surface area contributed by atoms with Gasteiger partial charge in [0.1, 0.15) is 10.8 Å². The third kappa shape index (κ3) is 3.46. The molecule has 0 atom stereocenters. The zero-order valence-electron chi connectivity index (χ0n) is 10.9. The van der Waals surface area contributed by atoms with Crippen molar-refractivity contribution in [2.45, 2.75) is 6.54 Å². The van der Waals surface area contributed by atoms with Crippen LogP contribution in [0.4, 0.5) is 10.1 Å². The number of rotatable bonds is 4. The minimum absolute atomic E-state index is 0.302. The predicted molar refractivity (Wildman–Crippen MR) is 85.8 cm³/mol. The zero-order chi connectivity index (χ0) is 14.7. The van der Waals surface area contributed by atoms with Crippen molar-refractivity contribution in [3.63, 3.8) is 0 Å². The Morgan fingerprint density at radius 1 is 1.25 bits per heavy atom. The van der Waals surface area contributed by atoms with Crippen LogP contribution in [-0.2, 0) is 6.54 Å². The summed E-state index contributed by atoms with van der Waals surface area (Å²) in [6.45, 7) is 0.454. The van der Waals surface area contributed by atoms with E-state index in [0.29, 0.717) is 22.1 Å². The molecule has 104 valence electrons. The topological polar surface area (TPSA) is 29.3 Å². The molecule has 2 N–H and O–H groups in total. The molecule has 0 aromatic heterocycles. The van der Waals surface area contributed by atoms with Gasteiger partial charge >= 0.3 is 0 Å². The molecule has 0 fully saturated rings. The maximum Gasteiger partial charge on any atom is 0.129 e. The van der Waals surface area contributed by atoms with Crippen molar-refractivity contribution in [2.75, 3.05) is 11.9 Å². The van der Waals surface area contributed by atoms with Crippen molar-refractivity contribution in [1.82, 2.24) is 0 Å². The number of hydrogen-bond donors (Lipinski definition) is 1. The molecule has 0 aliphatic rings. The van der Waals surface area contributed by atoms with Crippen molar-refractivity contribution in [2.24, 2.45) is 5.73 Å². The van der Waals surface area contributed by atoms with E-state index < -0.39 is 0 Å². The fourth-order valence-electron chi connectivity index (χ4n) is 1.88. The van der Waals surface area contributed by atoms with E-state index in [-0.39, 0.29) is 5.82 Å². The van der Waals surface area contributed by atoms with Gasteiger partial charge in [0.25, 0.3) is 0 Å². The predicted octanol–water partition coefficient (Wildman–Crippen LogP) is 3.75. The Labute approximate surface area is 128 Å². The van der Waals surface area contributed by atoms with Crippen LogP contribution in [0.5, 0.6) is 0 Å². The summed E-state index contributed by atoms with van der Waals surface area (Å²) in [6, 6.07) is 12.2. The molecule has 0 heterocycles. The summed E-state index contributed by atoms with van der Waals surface area (Å²) in [7, 11) is 1.89. The highest BCUT2D eigenvalue weighted by Crippen LogP contribution is 2.20.